The maximum atomic E-state index is 11.4. The highest BCUT2D eigenvalue weighted by Gasteiger charge is 2.25. The predicted molar refractivity (Wildman–Crippen MR) is 56.0 cm³/mol. The summed E-state index contributed by atoms with van der Waals surface area (Å²) in [5.41, 5.74) is 0. The van der Waals surface area contributed by atoms with Gasteiger partial charge in [-0.15, -0.1) is 0 Å². The topological polar surface area (TPSA) is 41.1 Å². The Bertz CT molecular complexity index is 209. The first-order valence-corrected chi connectivity index (χ1v) is 5.78. The van der Waals surface area contributed by atoms with Crippen LogP contribution in [0.2, 0.25) is 0 Å². The van der Waals surface area contributed by atoms with E-state index in [0.29, 0.717) is 18.6 Å². The average molecular weight is 196 g/mol. The van der Waals surface area contributed by atoms with Gasteiger partial charge >= 0.3 is 0 Å². The molecule has 0 aromatic carbocycles. The first-order valence-electron chi connectivity index (χ1n) is 5.78. The standard InChI is InChI=1S/C11H20N2O/c1-8(9-3-2-4-9)12-7-11(14)13-10-5-6-10/h8-10,12H,2-7H2,1H3,(H,13,14). The third-order valence-corrected chi connectivity index (χ3v) is 3.38. The van der Waals surface area contributed by atoms with Gasteiger partial charge in [-0.3, -0.25) is 4.79 Å². The zero-order valence-electron chi connectivity index (χ0n) is 8.88. The van der Waals surface area contributed by atoms with E-state index in [1.54, 1.807) is 0 Å². The summed E-state index contributed by atoms with van der Waals surface area (Å²) in [5, 5.41) is 6.29. The Hall–Kier alpha value is -0.570. The number of amides is 1. The van der Waals surface area contributed by atoms with E-state index >= 15 is 0 Å². The smallest absolute Gasteiger partial charge is 0.234 e. The van der Waals surface area contributed by atoms with Gasteiger partial charge in [-0.1, -0.05) is 6.42 Å². The molecule has 3 heteroatoms. The summed E-state index contributed by atoms with van der Waals surface area (Å²) in [6.45, 7) is 2.68. The largest absolute Gasteiger partial charge is 0.352 e. The number of hydrogen-bond donors (Lipinski definition) is 2. The minimum Gasteiger partial charge on any atom is -0.352 e. The van der Waals surface area contributed by atoms with Crippen molar-refractivity contribution in [3.05, 3.63) is 0 Å². The van der Waals surface area contributed by atoms with E-state index in [1.807, 2.05) is 0 Å². The summed E-state index contributed by atoms with van der Waals surface area (Å²) in [7, 11) is 0. The molecule has 0 radical (unpaired) electrons. The van der Waals surface area contributed by atoms with Crippen molar-refractivity contribution in [2.75, 3.05) is 6.54 Å². The van der Waals surface area contributed by atoms with Crippen molar-refractivity contribution in [3.63, 3.8) is 0 Å². The highest BCUT2D eigenvalue weighted by Crippen LogP contribution is 2.29. The monoisotopic (exact) mass is 196 g/mol. The number of rotatable bonds is 5. The lowest BCUT2D eigenvalue weighted by Gasteiger charge is -2.31. The molecule has 0 aliphatic heterocycles. The average Bonchev–Trinajstić information content (AvgIpc) is 2.81. The fourth-order valence-corrected chi connectivity index (χ4v) is 1.87. The Morgan fingerprint density at radius 1 is 1.36 bits per heavy atom. The quantitative estimate of drug-likeness (QED) is 0.690. The molecule has 2 aliphatic carbocycles. The van der Waals surface area contributed by atoms with E-state index in [1.165, 1.54) is 32.1 Å². The Morgan fingerprint density at radius 3 is 2.57 bits per heavy atom. The zero-order valence-corrected chi connectivity index (χ0v) is 8.88. The van der Waals surface area contributed by atoms with Crippen molar-refractivity contribution in [1.82, 2.24) is 10.6 Å². The van der Waals surface area contributed by atoms with E-state index in [2.05, 4.69) is 17.6 Å². The van der Waals surface area contributed by atoms with Gasteiger partial charge in [-0.2, -0.15) is 0 Å². The number of carbonyl (C=O) groups is 1. The molecule has 80 valence electrons. The number of hydrogen-bond acceptors (Lipinski definition) is 2. The molecule has 2 saturated carbocycles. The minimum absolute atomic E-state index is 0.165. The van der Waals surface area contributed by atoms with Crippen LogP contribution in [-0.2, 0) is 4.79 Å². The molecule has 14 heavy (non-hydrogen) atoms. The Labute approximate surface area is 85.6 Å². The van der Waals surface area contributed by atoms with Crippen LogP contribution in [0.5, 0.6) is 0 Å². The van der Waals surface area contributed by atoms with Crippen molar-refractivity contribution in [3.8, 4) is 0 Å². The molecule has 1 unspecified atom stereocenters. The molecular weight excluding hydrogens is 176 g/mol. The molecule has 0 heterocycles. The van der Waals surface area contributed by atoms with Gasteiger partial charge in [-0.05, 0) is 38.5 Å². The summed E-state index contributed by atoms with van der Waals surface area (Å²) in [5.74, 6) is 0.974. The molecule has 0 aromatic heterocycles. The predicted octanol–water partition coefficient (Wildman–Crippen LogP) is 1.04. The molecule has 0 spiro atoms. The van der Waals surface area contributed by atoms with E-state index < -0.39 is 0 Å². The molecule has 2 aliphatic rings. The fourth-order valence-electron chi connectivity index (χ4n) is 1.87. The lowest BCUT2D eigenvalue weighted by molar-refractivity contribution is -0.120. The molecule has 2 N–H and O–H groups in total. The third-order valence-electron chi connectivity index (χ3n) is 3.38. The molecule has 0 aromatic rings. The van der Waals surface area contributed by atoms with Crippen molar-refractivity contribution in [2.45, 2.75) is 51.1 Å². The second kappa shape index (κ2) is 4.30. The highest BCUT2D eigenvalue weighted by molar-refractivity contribution is 5.78. The van der Waals surface area contributed by atoms with E-state index in [4.69, 9.17) is 0 Å². The molecule has 2 rings (SSSR count). The van der Waals surface area contributed by atoms with Gasteiger partial charge in [0.25, 0.3) is 0 Å². The van der Waals surface area contributed by atoms with Crippen molar-refractivity contribution < 1.29 is 4.79 Å². The van der Waals surface area contributed by atoms with Crippen LogP contribution in [0, 0.1) is 5.92 Å². The fraction of sp³-hybridized carbons (Fsp3) is 0.909. The van der Waals surface area contributed by atoms with E-state index in [0.717, 1.165) is 5.92 Å². The van der Waals surface area contributed by atoms with Gasteiger partial charge in [0.05, 0.1) is 6.54 Å². The lowest BCUT2D eigenvalue weighted by atomic mass is 9.80. The van der Waals surface area contributed by atoms with Gasteiger partial charge in [0.1, 0.15) is 0 Å². The number of carbonyl (C=O) groups excluding carboxylic acids is 1. The molecule has 2 fully saturated rings. The molecule has 3 nitrogen and oxygen atoms in total. The van der Waals surface area contributed by atoms with Crippen LogP contribution in [0.1, 0.15) is 39.0 Å². The molecule has 0 bridgehead atoms. The third kappa shape index (κ3) is 2.71. The van der Waals surface area contributed by atoms with Crippen LogP contribution >= 0.6 is 0 Å². The van der Waals surface area contributed by atoms with Gasteiger partial charge < -0.3 is 10.6 Å². The van der Waals surface area contributed by atoms with Gasteiger partial charge in [0.2, 0.25) is 5.91 Å². The van der Waals surface area contributed by atoms with Gasteiger partial charge in [0.15, 0.2) is 0 Å². The first-order chi connectivity index (χ1) is 6.75. The summed E-state index contributed by atoms with van der Waals surface area (Å²) < 4.78 is 0. The highest BCUT2D eigenvalue weighted by atomic mass is 16.2. The summed E-state index contributed by atoms with van der Waals surface area (Å²) >= 11 is 0. The summed E-state index contributed by atoms with van der Waals surface area (Å²) in [6.07, 6.45) is 6.37. The van der Waals surface area contributed by atoms with Gasteiger partial charge in [-0.25, -0.2) is 0 Å². The summed E-state index contributed by atoms with van der Waals surface area (Å²) in [6, 6.07) is 0.997. The van der Waals surface area contributed by atoms with Crippen molar-refractivity contribution in [2.24, 2.45) is 5.92 Å². The Kier molecular flexibility index (Phi) is 3.06. The molecule has 1 amide bonds. The molecule has 0 saturated heterocycles. The normalized spacial score (nSPS) is 24.1. The van der Waals surface area contributed by atoms with Crippen LogP contribution in [0.25, 0.3) is 0 Å². The van der Waals surface area contributed by atoms with E-state index in [9.17, 15) is 4.79 Å². The van der Waals surface area contributed by atoms with Crippen LogP contribution in [-0.4, -0.2) is 24.5 Å². The number of nitrogens with one attached hydrogen (secondary N) is 2. The van der Waals surface area contributed by atoms with Crippen molar-refractivity contribution in [1.29, 1.82) is 0 Å². The second-order valence-electron chi connectivity index (χ2n) is 4.70. The Morgan fingerprint density at radius 2 is 2.07 bits per heavy atom. The minimum atomic E-state index is 0.165. The van der Waals surface area contributed by atoms with Crippen LogP contribution in [0.15, 0.2) is 0 Å². The van der Waals surface area contributed by atoms with Crippen LogP contribution in [0.4, 0.5) is 0 Å². The summed E-state index contributed by atoms with van der Waals surface area (Å²) in [4.78, 5) is 11.4. The van der Waals surface area contributed by atoms with Gasteiger partial charge in [0, 0.05) is 12.1 Å². The maximum absolute atomic E-state index is 11.4. The molecular formula is C11H20N2O. The molecule has 1 atom stereocenters. The SMILES string of the molecule is CC(NCC(=O)NC1CC1)C1CCC1. The van der Waals surface area contributed by atoms with E-state index in [-0.39, 0.29) is 5.91 Å². The first kappa shape index (κ1) is 9.97. The van der Waals surface area contributed by atoms with Crippen LogP contribution in [0.3, 0.4) is 0 Å². The maximum Gasteiger partial charge on any atom is 0.234 e. The second-order valence-corrected chi connectivity index (χ2v) is 4.70. The van der Waals surface area contributed by atoms with Crippen LogP contribution < -0.4 is 10.6 Å². The zero-order chi connectivity index (χ0) is 9.97. The van der Waals surface area contributed by atoms with Crippen molar-refractivity contribution >= 4 is 5.91 Å². The Balaban J connectivity index is 1.57. The lowest BCUT2D eigenvalue weighted by Crippen LogP contribution is -2.43.